The predicted molar refractivity (Wildman–Crippen MR) is 60.2 cm³/mol. The van der Waals surface area contributed by atoms with Crippen LogP contribution in [0.1, 0.15) is 52.4 Å². The number of rotatable bonds is 2. The summed E-state index contributed by atoms with van der Waals surface area (Å²) in [6, 6.07) is 0.127. The van der Waals surface area contributed by atoms with E-state index in [0.717, 1.165) is 0 Å². The average Bonchev–Trinajstić information content (AvgIpc) is 1.87. The van der Waals surface area contributed by atoms with Crippen LogP contribution in [0.4, 0.5) is 13.2 Å². The maximum Gasteiger partial charge on any atom is 0.118 e. The number of alkyl halides is 3. The molecule has 4 fully saturated rings. The van der Waals surface area contributed by atoms with Gasteiger partial charge in [0.05, 0.1) is 0 Å². The van der Waals surface area contributed by atoms with E-state index >= 15 is 0 Å². The summed E-state index contributed by atoms with van der Waals surface area (Å²) < 4.78 is 43.6. The molecular weight excluding hydrogens is 227 g/mol. The van der Waals surface area contributed by atoms with Gasteiger partial charge in [0.2, 0.25) is 0 Å². The number of nitrogens with one attached hydrogen (secondary N) is 1. The molecule has 4 aliphatic rings. The zero-order valence-electron chi connectivity index (χ0n) is 10.5. The lowest BCUT2D eigenvalue weighted by Crippen LogP contribution is -2.72. The lowest BCUT2D eigenvalue weighted by molar-refractivity contribution is -0.197. The number of halogens is 3. The Morgan fingerprint density at radius 3 is 1.41 bits per heavy atom. The van der Waals surface area contributed by atoms with Crippen LogP contribution in [0.5, 0.6) is 0 Å². The SMILES string of the molecule is CC(C)NC12CC3(F)CC(F)(CC(F)(C3)C1)C2. The topological polar surface area (TPSA) is 12.0 Å². The van der Waals surface area contributed by atoms with Gasteiger partial charge in [0.15, 0.2) is 0 Å². The quantitative estimate of drug-likeness (QED) is 0.790. The smallest absolute Gasteiger partial charge is 0.118 e. The molecule has 0 amide bonds. The Balaban J connectivity index is 1.98. The monoisotopic (exact) mass is 247 g/mol. The van der Waals surface area contributed by atoms with E-state index in [1.165, 1.54) is 0 Å². The molecule has 0 aliphatic heterocycles. The van der Waals surface area contributed by atoms with Crippen LogP contribution in [0.2, 0.25) is 0 Å². The summed E-state index contributed by atoms with van der Waals surface area (Å²) in [5.74, 6) is 0. The molecule has 0 radical (unpaired) electrons. The predicted octanol–water partition coefficient (Wildman–Crippen LogP) is 3.23. The summed E-state index contributed by atoms with van der Waals surface area (Å²) in [5, 5.41) is 3.24. The van der Waals surface area contributed by atoms with Gasteiger partial charge in [-0.2, -0.15) is 0 Å². The first-order valence-electron chi connectivity index (χ1n) is 6.50. The first-order chi connectivity index (χ1) is 7.66. The Bertz CT molecular complexity index is 301. The second kappa shape index (κ2) is 3.01. The molecule has 0 aromatic heterocycles. The Morgan fingerprint density at radius 2 is 1.12 bits per heavy atom. The van der Waals surface area contributed by atoms with Gasteiger partial charge in [-0.25, -0.2) is 13.2 Å². The fourth-order valence-electron chi connectivity index (χ4n) is 5.04. The van der Waals surface area contributed by atoms with E-state index in [0.29, 0.717) is 0 Å². The summed E-state index contributed by atoms with van der Waals surface area (Å²) in [5.41, 5.74) is -5.58. The van der Waals surface area contributed by atoms with Gasteiger partial charge >= 0.3 is 0 Å². The molecular formula is C13H20F3N. The van der Waals surface area contributed by atoms with Crippen molar-refractivity contribution in [2.24, 2.45) is 0 Å². The molecule has 4 heteroatoms. The van der Waals surface area contributed by atoms with Crippen molar-refractivity contribution in [2.75, 3.05) is 0 Å². The van der Waals surface area contributed by atoms with Gasteiger partial charge in [-0.05, 0) is 0 Å². The summed E-state index contributed by atoms with van der Waals surface area (Å²) in [7, 11) is 0. The van der Waals surface area contributed by atoms with Crippen LogP contribution < -0.4 is 5.32 Å². The van der Waals surface area contributed by atoms with Crippen LogP contribution in [0.25, 0.3) is 0 Å². The van der Waals surface area contributed by atoms with Crippen LogP contribution in [0.15, 0.2) is 0 Å². The van der Waals surface area contributed by atoms with Gasteiger partial charge in [-0.1, -0.05) is 13.8 Å². The Hall–Kier alpha value is -0.250. The zero-order valence-corrected chi connectivity index (χ0v) is 10.5. The van der Waals surface area contributed by atoms with Crippen molar-refractivity contribution in [1.29, 1.82) is 0 Å². The molecule has 0 atom stereocenters. The number of hydrogen-bond acceptors (Lipinski definition) is 1. The normalized spacial score (nSPS) is 56.8. The summed E-state index contributed by atoms with van der Waals surface area (Å²) in [6.45, 7) is 3.89. The van der Waals surface area contributed by atoms with Gasteiger partial charge in [0, 0.05) is 50.1 Å². The van der Waals surface area contributed by atoms with Crippen LogP contribution in [-0.4, -0.2) is 28.6 Å². The van der Waals surface area contributed by atoms with Crippen molar-refractivity contribution in [2.45, 2.75) is 81.0 Å². The highest BCUT2D eigenvalue weighted by Gasteiger charge is 2.70. The molecule has 1 nitrogen and oxygen atoms in total. The van der Waals surface area contributed by atoms with Crippen molar-refractivity contribution in [1.82, 2.24) is 5.32 Å². The highest BCUT2D eigenvalue weighted by atomic mass is 19.2. The minimum Gasteiger partial charge on any atom is -0.309 e. The molecule has 4 rings (SSSR count). The molecule has 0 spiro atoms. The Labute approximate surface area is 100 Å². The Kier molecular flexibility index (Phi) is 2.09. The second-order valence-electron chi connectivity index (χ2n) is 7.09. The first-order valence-corrected chi connectivity index (χ1v) is 6.50. The maximum atomic E-state index is 14.5. The molecule has 0 aromatic carbocycles. The van der Waals surface area contributed by atoms with Gasteiger partial charge in [0.25, 0.3) is 0 Å². The maximum absolute atomic E-state index is 14.5. The highest BCUT2D eigenvalue weighted by Crippen LogP contribution is 2.64. The molecule has 98 valence electrons. The molecule has 4 aliphatic carbocycles. The molecule has 1 N–H and O–H groups in total. The van der Waals surface area contributed by atoms with E-state index in [1.54, 1.807) is 0 Å². The molecule has 0 heterocycles. The fraction of sp³-hybridized carbons (Fsp3) is 1.00. The van der Waals surface area contributed by atoms with E-state index in [2.05, 4.69) is 5.32 Å². The Morgan fingerprint density at radius 1 is 0.765 bits per heavy atom. The van der Waals surface area contributed by atoms with E-state index in [-0.39, 0.29) is 44.6 Å². The van der Waals surface area contributed by atoms with Gasteiger partial charge in [-0.3, -0.25) is 0 Å². The molecule has 17 heavy (non-hydrogen) atoms. The number of hydrogen-bond donors (Lipinski definition) is 1. The van der Waals surface area contributed by atoms with Gasteiger partial charge in [0.1, 0.15) is 17.0 Å². The van der Waals surface area contributed by atoms with Crippen molar-refractivity contribution >= 4 is 0 Å². The minimum absolute atomic E-state index is 0.104. The average molecular weight is 247 g/mol. The fourth-order valence-corrected chi connectivity index (χ4v) is 5.04. The molecule has 0 aromatic rings. The summed E-state index contributed by atoms with van der Waals surface area (Å²) in [4.78, 5) is 0. The van der Waals surface area contributed by atoms with Crippen molar-refractivity contribution in [3.63, 3.8) is 0 Å². The van der Waals surface area contributed by atoms with Crippen molar-refractivity contribution in [3.8, 4) is 0 Å². The van der Waals surface area contributed by atoms with Gasteiger partial charge < -0.3 is 5.32 Å². The van der Waals surface area contributed by atoms with Crippen LogP contribution in [0.3, 0.4) is 0 Å². The second-order valence-corrected chi connectivity index (χ2v) is 7.09. The van der Waals surface area contributed by atoms with Gasteiger partial charge in [-0.15, -0.1) is 0 Å². The third-order valence-electron chi connectivity index (χ3n) is 4.46. The minimum atomic E-state index is -1.64. The lowest BCUT2D eigenvalue weighted by Gasteiger charge is -2.63. The highest BCUT2D eigenvalue weighted by molar-refractivity contribution is 5.23. The molecule has 0 saturated heterocycles. The largest absolute Gasteiger partial charge is 0.309 e. The van der Waals surface area contributed by atoms with Crippen molar-refractivity contribution < 1.29 is 13.2 Å². The van der Waals surface area contributed by atoms with Crippen molar-refractivity contribution in [3.05, 3.63) is 0 Å². The first kappa shape index (κ1) is 11.8. The van der Waals surface area contributed by atoms with E-state index in [4.69, 9.17) is 0 Å². The molecule has 0 unspecified atom stereocenters. The zero-order chi connectivity index (χ0) is 12.5. The third-order valence-corrected chi connectivity index (χ3v) is 4.46. The third kappa shape index (κ3) is 1.79. The molecule has 4 bridgehead atoms. The standard InChI is InChI=1S/C13H20F3N/c1-9(2)17-13-6-10(14)3-11(15,7-13)5-12(16,4-10)8-13/h9,17H,3-8H2,1-2H3. The van der Waals surface area contributed by atoms with Crippen LogP contribution in [0, 0.1) is 0 Å². The van der Waals surface area contributed by atoms with Crippen LogP contribution >= 0.6 is 0 Å². The lowest BCUT2D eigenvalue weighted by atomic mass is 9.49. The van der Waals surface area contributed by atoms with E-state index < -0.39 is 22.5 Å². The van der Waals surface area contributed by atoms with E-state index in [1.807, 2.05) is 13.8 Å². The van der Waals surface area contributed by atoms with Crippen LogP contribution in [-0.2, 0) is 0 Å². The summed E-state index contributed by atoms with van der Waals surface area (Å²) in [6.07, 6.45) is 0.508. The molecule has 4 saturated carbocycles. The summed E-state index contributed by atoms with van der Waals surface area (Å²) >= 11 is 0. The van der Waals surface area contributed by atoms with E-state index in [9.17, 15) is 13.2 Å².